The number of carbonyl (C=O) groups excluding carboxylic acids is 1. The lowest BCUT2D eigenvalue weighted by Crippen LogP contribution is -2.39. The molecule has 0 N–H and O–H groups in total. The van der Waals surface area contributed by atoms with Crippen molar-refractivity contribution in [3.8, 4) is 12.1 Å². The maximum atomic E-state index is 13.9. The number of nitrogens with zero attached hydrogens (tertiary/aromatic N) is 6. The molecule has 12 heteroatoms. The standard InChI is InChI=1S/C29H34N6O4S2/c1-22-6-7-23(2)27-26(22)32-29(40-27)35(17-5-14-33-18-20-39-21-19-33)28(36)24-8-10-25(11-9-24)41(37,38)34(15-3-12-30)16-4-13-31/h6-11H,3-5,14-21H2,1-2H3. The first-order valence-corrected chi connectivity index (χ1v) is 15.8. The van der Waals surface area contributed by atoms with Crippen LogP contribution in [0.15, 0.2) is 41.3 Å². The predicted molar refractivity (Wildman–Crippen MR) is 158 cm³/mol. The Morgan fingerprint density at radius 1 is 1.00 bits per heavy atom. The molecule has 1 aromatic heterocycles. The molecule has 0 radical (unpaired) electrons. The van der Waals surface area contributed by atoms with Gasteiger partial charge in [0.15, 0.2) is 5.13 Å². The third-order valence-corrected chi connectivity index (χ3v) is 10.2. The number of aromatic nitrogens is 1. The van der Waals surface area contributed by atoms with E-state index in [0.717, 1.165) is 51.7 Å². The van der Waals surface area contributed by atoms with Crippen molar-refractivity contribution in [1.29, 1.82) is 10.5 Å². The number of anilines is 1. The molecule has 0 saturated carbocycles. The summed E-state index contributed by atoms with van der Waals surface area (Å²) < 4.78 is 34.1. The van der Waals surface area contributed by atoms with Gasteiger partial charge in [-0.1, -0.05) is 23.5 Å². The van der Waals surface area contributed by atoms with Gasteiger partial charge in [-0.2, -0.15) is 14.8 Å². The van der Waals surface area contributed by atoms with E-state index in [1.807, 2.05) is 32.1 Å². The molecule has 1 fully saturated rings. The minimum Gasteiger partial charge on any atom is -0.379 e. The van der Waals surface area contributed by atoms with E-state index in [1.165, 1.54) is 35.6 Å². The van der Waals surface area contributed by atoms with Gasteiger partial charge in [0.25, 0.3) is 5.91 Å². The summed E-state index contributed by atoms with van der Waals surface area (Å²) in [7, 11) is -3.93. The zero-order valence-electron chi connectivity index (χ0n) is 23.4. The van der Waals surface area contributed by atoms with Gasteiger partial charge in [0, 0.05) is 57.7 Å². The maximum Gasteiger partial charge on any atom is 0.260 e. The summed E-state index contributed by atoms with van der Waals surface area (Å²) in [5, 5.41) is 18.5. The first-order chi connectivity index (χ1) is 19.8. The zero-order chi connectivity index (χ0) is 29.4. The van der Waals surface area contributed by atoms with Crippen molar-refractivity contribution < 1.29 is 17.9 Å². The number of thiazole rings is 1. The molecule has 41 heavy (non-hydrogen) atoms. The monoisotopic (exact) mass is 594 g/mol. The van der Waals surface area contributed by atoms with Crippen molar-refractivity contribution in [2.24, 2.45) is 0 Å². The Kier molecular flexibility index (Phi) is 10.4. The lowest BCUT2D eigenvalue weighted by Gasteiger charge is -2.27. The largest absolute Gasteiger partial charge is 0.379 e. The molecular formula is C29H34N6O4S2. The summed E-state index contributed by atoms with van der Waals surface area (Å²) in [6, 6.07) is 13.8. The van der Waals surface area contributed by atoms with Crippen molar-refractivity contribution in [2.45, 2.75) is 38.0 Å². The summed E-state index contributed by atoms with van der Waals surface area (Å²) in [5.41, 5.74) is 3.37. The van der Waals surface area contributed by atoms with Gasteiger partial charge in [-0.15, -0.1) is 0 Å². The maximum absolute atomic E-state index is 13.9. The van der Waals surface area contributed by atoms with Crippen molar-refractivity contribution in [1.82, 2.24) is 14.2 Å². The van der Waals surface area contributed by atoms with Gasteiger partial charge in [-0.3, -0.25) is 14.6 Å². The van der Waals surface area contributed by atoms with E-state index in [2.05, 4.69) is 11.0 Å². The molecule has 1 aliphatic rings. The van der Waals surface area contributed by atoms with Crippen LogP contribution in [0.2, 0.25) is 0 Å². The van der Waals surface area contributed by atoms with E-state index in [9.17, 15) is 13.2 Å². The number of fused-ring (bicyclic) bond motifs is 1. The van der Waals surface area contributed by atoms with Crippen LogP contribution in [0.4, 0.5) is 5.13 Å². The third kappa shape index (κ3) is 7.28. The van der Waals surface area contributed by atoms with Crippen molar-refractivity contribution >= 4 is 42.6 Å². The molecule has 3 aromatic rings. The Balaban J connectivity index is 1.60. The van der Waals surface area contributed by atoms with Crippen LogP contribution in [-0.4, -0.2) is 81.0 Å². The Morgan fingerprint density at radius 2 is 1.63 bits per heavy atom. The van der Waals surface area contributed by atoms with Crippen LogP contribution in [0.1, 0.15) is 40.7 Å². The Hall–Kier alpha value is -3.39. The van der Waals surface area contributed by atoms with Gasteiger partial charge < -0.3 is 4.74 Å². The average molecular weight is 595 g/mol. The van der Waals surface area contributed by atoms with E-state index < -0.39 is 10.0 Å². The molecule has 0 unspecified atom stereocenters. The summed E-state index contributed by atoms with van der Waals surface area (Å²) >= 11 is 1.49. The molecule has 2 heterocycles. The number of morpholine rings is 1. The Bertz CT molecular complexity index is 1490. The van der Waals surface area contributed by atoms with Crippen LogP contribution >= 0.6 is 11.3 Å². The molecule has 0 spiro atoms. The summed E-state index contributed by atoms with van der Waals surface area (Å²) in [4.78, 5) is 22.8. The van der Waals surface area contributed by atoms with Gasteiger partial charge in [0.05, 0.1) is 40.5 Å². The molecule has 0 bridgehead atoms. The molecule has 1 aliphatic heterocycles. The number of rotatable bonds is 12. The quantitative estimate of drug-likeness (QED) is 0.306. The van der Waals surface area contributed by atoms with Crippen LogP contribution in [0.3, 0.4) is 0 Å². The van der Waals surface area contributed by atoms with Crippen LogP contribution in [0.5, 0.6) is 0 Å². The molecule has 0 atom stereocenters. The van der Waals surface area contributed by atoms with E-state index in [-0.39, 0.29) is 36.7 Å². The number of carbonyl (C=O) groups is 1. The minimum atomic E-state index is -3.93. The number of benzene rings is 2. The van der Waals surface area contributed by atoms with E-state index >= 15 is 0 Å². The number of hydrogen-bond donors (Lipinski definition) is 0. The van der Waals surface area contributed by atoms with Crippen molar-refractivity contribution in [3.05, 3.63) is 53.1 Å². The van der Waals surface area contributed by atoms with Gasteiger partial charge in [0.1, 0.15) is 0 Å². The third-order valence-electron chi connectivity index (χ3n) is 7.05. The first kappa shape index (κ1) is 30.6. The van der Waals surface area contributed by atoms with Gasteiger partial charge in [-0.05, 0) is 55.7 Å². The van der Waals surface area contributed by atoms with Crippen LogP contribution in [-0.2, 0) is 14.8 Å². The van der Waals surface area contributed by atoms with Crippen LogP contribution in [0, 0.1) is 36.5 Å². The van der Waals surface area contributed by atoms with E-state index in [1.54, 1.807) is 4.90 Å². The lowest BCUT2D eigenvalue weighted by atomic mass is 10.1. The minimum absolute atomic E-state index is 0.00540. The fourth-order valence-electron chi connectivity index (χ4n) is 4.70. The molecule has 0 aliphatic carbocycles. The van der Waals surface area contributed by atoms with Gasteiger partial charge in [-0.25, -0.2) is 13.4 Å². The number of aryl methyl sites for hydroxylation is 2. The number of amides is 1. The number of nitriles is 2. The van der Waals surface area contributed by atoms with E-state index in [0.29, 0.717) is 30.5 Å². The normalized spacial score (nSPS) is 14.2. The first-order valence-electron chi connectivity index (χ1n) is 13.6. The smallest absolute Gasteiger partial charge is 0.260 e. The fourth-order valence-corrected chi connectivity index (χ4v) is 7.28. The SMILES string of the molecule is Cc1ccc(C)c2sc(N(CCCN3CCOCC3)C(=O)c3ccc(S(=O)(=O)N(CCC#N)CCC#N)cc3)nc12. The summed E-state index contributed by atoms with van der Waals surface area (Å²) in [5.74, 6) is -0.254. The van der Waals surface area contributed by atoms with Crippen molar-refractivity contribution in [2.75, 3.05) is 57.4 Å². The highest BCUT2D eigenvalue weighted by Gasteiger charge is 2.26. The number of ether oxygens (including phenoxy) is 1. The summed E-state index contributed by atoms with van der Waals surface area (Å²) in [6.45, 7) is 8.46. The second-order valence-electron chi connectivity index (χ2n) is 9.88. The van der Waals surface area contributed by atoms with Crippen LogP contribution < -0.4 is 4.90 Å². The highest BCUT2D eigenvalue weighted by molar-refractivity contribution is 7.89. The zero-order valence-corrected chi connectivity index (χ0v) is 25.0. The lowest BCUT2D eigenvalue weighted by molar-refractivity contribution is 0.0376. The van der Waals surface area contributed by atoms with Crippen molar-refractivity contribution in [3.63, 3.8) is 0 Å². The van der Waals surface area contributed by atoms with Gasteiger partial charge >= 0.3 is 0 Å². The molecular weight excluding hydrogens is 560 g/mol. The summed E-state index contributed by atoms with van der Waals surface area (Å²) in [6.07, 6.45) is 0.780. The van der Waals surface area contributed by atoms with Crippen LogP contribution in [0.25, 0.3) is 10.2 Å². The highest BCUT2D eigenvalue weighted by atomic mass is 32.2. The predicted octanol–water partition coefficient (Wildman–Crippen LogP) is 4.10. The molecule has 216 valence electrons. The number of hydrogen-bond acceptors (Lipinski definition) is 9. The van der Waals surface area contributed by atoms with Gasteiger partial charge in [0.2, 0.25) is 10.0 Å². The molecule has 1 amide bonds. The number of sulfonamides is 1. The molecule has 10 nitrogen and oxygen atoms in total. The average Bonchev–Trinajstić information content (AvgIpc) is 3.44. The molecule has 2 aromatic carbocycles. The Labute approximate surface area is 245 Å². The second kappa shape index (κ2) is 14.0. The molecule has 4 rings (SSSR count). The highest BCUT2D eigenvalue weighted by Crippen LogP contribution is 2.34. The topological polar surface area (TPSA) is 131 Å². The molecule has 1 saturated heterocycles. The fraction of sp³-hybridized carbons (Fsp3) is 0.448. The Morgan fingerprint density at radius 3 is 2.24 bits per heavy atom. The second-order valence-corrected chi connectivity index (χ2v) is 12.8. The van der Waals surface area contributed by atoms with E-state index in [4.69, 9.17) is 20.2 Å².